The van der Waals surface area contributed by atoms with E-state index in [0.29, 0.717) is 17.4 Å². The molecule has 0 fully saturated rings. The molecule has 118 valence electrons. The maximum absolute atomic E-state index is 12.2. The summed E-state index contributed by atoms with van der Waals surface area (Å²) >= 11 is 1.55. The van der Waals surface area contributed by atoms with Gasteiger partial charge in [0, 0.05) is 36.8 Å². The van der Waals surface area contributed by atoms with Crippen LogP contribution < -0.4 is 5.32 Å². The lowest BCUT2D eigenvalue weighted by atomic mass is 10.2. The lowest BCUT2D eigenvalue weighted by molar-refractivity contribution is 0.219. The Hall–Kier alpha value is -2.74. The Morgan fingerprint density at radius 3 is 3.00 bits per heavy atom. The van der Waals surface area contributed by atoms with E-state index in [1.54, 1.807) is 31.5 Å². The van der Waals surface area contributed by atoms with E-state index in [-0.39, 0.29) is 12.6 Å². The first-order chi connectivity index (χ1) is 11.1. The number of urea groups is 1. The van der Waals surface area contributed by atoms with Crippen molar-refractivity contribution >= 4 is 23.1 Å². The summed E-state index contributed by atoms with van der Waals surface area (Å²) in [5.41, 5.74) is 1.67. The molecule has 23 heavy (non-hydrogen) atoms. The molecule has 0 aliphatic rings. The van der Waals surface area contributed by atoms with Crippen LogP contribution in [-0.4, -0.2) is 33.1 Å². The molecule has 0 saturated heterocycles. The molecular formula is C15H15N5O2S. The first kappa shape index (κ1) is 15.2. The maximum atomic E-state index is 12.2. The Morgan fingerprint density at radius 1 is 1.43 bits per heavy atom. The molecule has 2 amide bonds. The van der Waals surface area contributed by atoms with Crippen molar-refractivity contribution in [2.24, 2.45) is 0 Å². The second-order valence-corrected chi connectivity index (χ2v) is 5.83. The van der Waals surface area contributed by atoms with Crippen LogP contribution in [0.25, 0.3) is 10.6 Å². The molecule has 3 rings (SSSR count). The van der Waals surface area contributed by atoms with Crippen molar-refractivity contribution in [3.63, 3.8) is 0 Å². The third-order valence-corrected chi connectivity index (χ3v) is 3.91. The predicted octanol–water partition coefficient (Wildman–Crippen LogP) is 3.17. The van der Waals surface area contributed by atoms with E-state index < -0.39 is 0 Å². The van der Waals surface area contributed by atoms with Crippen molar-refractivity contribution in [2.45, 2.75) is 13.5 Å². The van der Waals surface area contributed by atoms with Crippen LogP contribution in [0, 0.1) is 6.92 Å². The van der Waals surface area contributed by atoms with Crippen LogP contribution in [0.4, 0.5) is 10.5 Å². The molecule has 0 bridgehead atoms. The minimum Gasteiger partial charge on any atom is -0.340 e. The van der Waals surface area contributed by atoms with Gasteiger partial charge in [0.1, 0.15) is 5.01 Å². The van der Waals surface area contributed by atoms with Crippen LogP contribution in [0.3, 0.4) is 0 Å². The monoisotopic (exact) mass is 329 g/mol. The predicted molar refractivity (Wildman–Crippen MR) is 87.1 cm³/mol. The van der Waals surface area contributed by atoms with Crippen LogP contribution in [0.1, 0.15) is 11.7 Å². The van der Waals surface area contributed by atoms with E-state index >= 15 is 0 Å². The zero-order chi connectivity index (χ0) is 16.2. The summed E-state index contributed by atoms with van der Waals surface area (Å²) in [5.74, 6) is 0.946. The van der Waals surface area contributed by atoms with E-state index in [1.165, 1.54) is 4.90 Å². The molecule has 0 radical (unpaired) electrons. The Kier molecular flexibility index (Phi) is 4.33. The maximum Gasteiger partial charge on any atom is 0.321 e. The Balaban J connectivity index is 1.66. The smallest absolute Gasteiger partial charge is 0.321 e. The van der Waals surface area contributed by atoms with Crippen molar-refractivity contribution in [1.82, 2.24) is 20.0 Å². The SMILES string of the molecule is Cc1nc(CN(C)C(=O)Nc2cccc(-c3nccs3)c2)no1. The van der Waals surface area contributed by atoms with Crippen LogP contribution in [-0.2, 0) is 6.54 Å². The fraction of sp³-hybridized carbons (Fsp3) is 0.200. The van der Waals surface area contributed by atoms with Crippen LogP contribution in [0.2, 0.25) is 0 Å². The molecule has 2 heterocycles. The van der Waals surface area contributed by atoms with E-state index in [4.69, 9.17) is 4.52 Å². The Bertz CT molecular complexity index is 800. The molecule has 0 aliphatic heterocycles. The number of aryl methyl sites for hydroxylation is 1. The number of anilines is 1. The molecular weight excluding hydrogens is 314 g/mol. The van der Waals surface area contributed by atoms with Gasteiger partial charge in [0.15, 0.2) is 5.82 Å². The van der Waals surface area contributed by atoms with Gasteiger partial charge in [0.25, 0.3) is 0 Å². The Morgan fingerprint density at radius 2 is 2.30 bits per heavy atom. The quantitative estimate of drug-likeness (QED) is 0.795. The first-order valence-corrected chi connectivity index (χ1v) is 7.81. The number of benzene rings is 1. The van der Waals surface area contributed by atoms with Gasteiger partial charge in [-0.05, 0) is 12.1 Å². The van der Waals surface area contributed by atoms with Gasteiger partial charge in [-0.3, -0.25) is 0 Å². The third-order valence-electron chi connectivity index (χ3n) is 3.09. The molecule has 1 N–H and O–H groups in total. The first-order valence-electron chi connectivity index (χ1n) is 6.93. The minimum atomic E-state index is -0.247. The van der Waals surface area contributed by atoms with Crippen molar-refractivity contribution < 1.29 is 9.32 Å². The molecule has 0 unspecified atom stereocenters. The van der Waals surface area contributed by atoms with E-state index in [2.05, 4.69) is 20.4 Å². The van der Waals surface area contributed by atoms with Crippen molar-refractivity contribution in [3.05, 3.63) is 47.6 Å². The average Bonchev–Trinajstić information content (AvgIpc) is 3.19. The van der Waals surface area contributed by atoms with Crippen molar-refractivity contribution in [1.29, 1.82) is 0 Å². The third kappa shape index (κ3) is 3.72. The highest BCUT2D eigenvalue weighted by Gasteiger charge is 2.13. The average molecular weight is 329 g/mol. The highest BCUT2D eigenvalue weighted by Crippen LogP contribution is 2.24. The standard InChI is InChI=1S/C15H15N5O2S/c1-10-17-13(19-22-10)9-20(2)15(21)18-12-5-3-4-11(8-12)14-16-6-7-23-14/h3-8H,9H2,1-2H3,(H,18,21). The number of hydrogen-bond donors (Lipinski definition) is 1. The number of nitrogens with one attached hydrogen (secondary N) is 1. The highest BCUT2D eigenvalue weighted by atomic mass is 32.1. The normalized spacial score (nSPS) is 10.5. The number of aromatic nitrogens is 3. The number of rotatable bonds is 4. The summed E-state index contributed by atoms with van der Waals surface area (Å²) in [6, 6.07) is 7.32. The molecule has 0 aliphatic carbocycles. The summed E-state index contributed by atoms with van der Waals surface area (Å²) in [5, 5.41) is 9.46. The van der Waals surface area contributed by atoms with Crippen LogP contribution in [0.15, 0.2) is 40.4 Å². The van der Waals surface area contributed by atoms with Gasteiger partial charge in [-0.15, -0.1) is 11.3 Å². The lowest BCUT2D eigenvalue weighted by Crippen LogP contribution is -2.31. The van der Waals surface area contributed by atoms with E-state index in [9.17, 15) is 4.79 Å². The summed E-state index contributed by atoms with van der Waals surface area (Å²) in [6.07, 6.45) is 1.76. The molecule has 2 aromatic heterocycles. The topological polar surface area (TPSA) is 84.2 Å². The van der Waals surface area contributed by atoms with Gasteiger partial charge in [-0.1, -0.05) is 17.3 Å². The Labute approximate surface area is 137 Å². The zero-order valence-electron chi connectivity index (χ0n) is 12.7. The minimum absolute atomic E-state index is 0.247. The van der Waals surface area contributed by atoms with Crippen molar-refractivity contribution in [2.75, 3.05) is 12.4 Å². The highest BCUT2D eigenvalue weighted by molar-refractivity contribution is 7.13. The molecule has 8 heteroatoms. The van der Waals surface area contributed by atoms with Crippen LogP contribution >= 0.6 is 11.3 Å². The molecule has 0 saturated carbocycles. The van der Waals surface area contributed by atoms with Gasteiger partial charge in [-0.2, -0.15) is 4.98 Å². The summed E-state index contributed by atoms with van der Waals surface area (Å²) in [6.45, 7) is 1.98. The number of amides is 2. The second-order valence-electron chi connectivity index (χ2n) is 4.93. The molecule has 1 aromatic carbocycles. The van der Waals surface area contributed by atoms with Gasteiger partial charge in [-0.25, -0.2) is 9.78 Å². The fourth-order valence-corrected chi connectivity index (χ4v) is 2.64. The fourth-order valence-electron chi connectivity index (χ4n) is 2.00. The number of nitrogens with zero attached hydrogens (tertiary/aromatic N) is 4. The second kappa shape index (κ2) is 6.57. The van der Waals surface area contributed by atoms with E-state index in [1.807, 2.05) is 29.6 Å². The largest absolute Gasteiger partial charge is 0.340 e. The number of thiazole rings is 1. The molecule has 0 atom stereocenters. The van der Waals surface area contributed by atoms with Gasteiger partial charge in [0.05, 0.1) is 6.54 Å². The number of carbonyl (C=O) groups is 1. The summed E-state index contributed by atoms with van der Waals surface area (Å²) in [7, 11) is 1.67. The van der Waals surface area contributed by atoms with Crippen molar-refractivity contribution in [3.8, 4) is 10.6 Å². The molecule has 7 nitrogen and oxygen atoms in total. The lowest BCUT2D eigenvalue weighted by Gasteiger charge is -2.16. The number of carbonyl (C=O) groups excluding carboxylic acids is 1. The van der Waals surface area contributed by atoms with Gasteiger partial charge < -0.3 is 14.7 Å². The van der Waals surface area contributed by atoms with Gasteiger partial charge >= 0.3 is 6.03 Å². The summed E-state index contributed by atoms with van der Waals surface area (Å²) < 4.78 is 4.90. The molecule has 3 aromatic rings. The number of hydrogen-bond acceptors (Lipinski definition) is 6. The van der Waals surface area contributed by atoms with Crippen LogP contribution in [0.5, 0.6) is 0 Å². The van der Waals surface area contributed by atoms with Gasteiger partial charge in [0.2, 0.25) is 5.89 Å². The molecule has 0 spiro atoms. The van der Waals surface area contributed by atoms with E-state index in [0.717, 1.165) is 10.6 Å². The zero-order valence-corrected chi connectivity index (χ0v) is 13.5. The summed E-state index contributed by atoms with van der Waals surface area (Å²) in [4.78, 5) is 22.1.